The second-order valence-electron chi connectivity index (χ2n) is 6.14. The van der Waals surface area contributed by atoms with E-state index in [1.807, 2.05) is 0 Å². The van der Waals surface area contributed by atoms with Crippen molar-refractivity contribution in [2.24, 2.45) is 11.1 Å². The van der Waals surface area contributed by atoms with Crippen molar-refractivity contribution in [3.63, 3.8) is 0 Å². The number of hydrogen-bond donors (Lipinski definition) is 2. The van der Waals surface area contributed by atoms with Gasteiger partial charge in [0, 0.05) is 18.0 Å². The van der Waals surface area contributed by atoms with E-state index in [1.165, 1.54) is 19.4 Å². The molecule has 1 fully saturated rings. The lowest BCUT2D eigenvalue weighted by atomic mass is 9.88. The molecule has 0 aromatic heterocycles. The Balaban J connectivity index is 2.43. The second-order valence-corrected chi connectivity index (χ2v) is 6.14. The van der Waals surface area contributed by atoms with Gasteiger partial charge in [0.05, 0.1) is 5.84 Å². The first kappa shape index (κ1) is 14.5. The number of likely N-dealkylation sites (tertiary alicyclic amines) is 1. The smallest absolute Gasteiger partial charge is 0.0963 e. The number of hydrogen-bond acceptors (Lipinski definition) is 3. The standard InChI is InChI=1S/C13H28N4/c1-13(2,12(14)15)7-9-17-8-5-6-11(17)10-16(3)4/h11H,5-10H2,1-4H3,(H3,14,15). The normalized spacial score (nSPS) is 22.3. The van der Waals surface area contributed by atoms with Crippen LogP contribution in [0.5, 0.6) is 0 Å². The highest BCUT2D eigenvalue weighted by atomic mass is 15.2. The van der Waals surface area contributed by atoms with Crippen LogP contribution in [0, 0.1) is 10.8 Å². The average Bonchev–Trinajstić information content (AvgIpc) is 2.61. The van der Waals surface area contributed by atoms with E-state index in [1.54, 1.807) is 0 Å². The minimum atomic E-state index is -0.161. The van der Waals surface area contributed by atoms with Gasteiger partial charge in [-0.3, -0.25) is 10.3 Å². The van der Waals surface area contributed by atoms with Gasteiger partial charge in [0.25, 0.3) is 0 Å². The van der Waals surface area contributed by atoms with Crippen molar-refractivity contribution >= 4 is 5.84 Å². The van der Waals surface area contributed by atoms with Crippen LogP contribution in [-0.4, -0.2) is 55.4 Å². The summed E-state index contributed by atoms with van der Waals surface area (Å²) in [5, 5.41) is 7.59. The Kier molecular flexibility index (Phi) is 4.95. The number of likely N-dealkylation sites (N-methyl/N-ethyl adjacent to an activating group) is 1. The maximum atomic E-state index is 7.59. The molecule has 1 atom stereocenters. The molecule has 0 aliphatic carbocycles. The van der Waals surface area contributed by atoms with E-state index in [0.29, 0.717) is 11.9 Å². The van der Waals surface area contributed by atoms with Crippen LogP contribution >= 0.6 is 0 Å². The Hall–Kier alpha value is -0.610. The summed E-state index contributed by atoms with van der Waals surface area (Å²) < 4.78 is 0. The number of nitrogens with zero attached hydrogens (tertiary/aromatic N) is 2. The minimum absolute atomic E-state index is 0.161. The molecule has 0 spiro atoms. The van der Waals surface area contributed by atoms with Crippen molar-refractivity contribution in [2.75, 3.05) is 33.7 Å². The molecule has 1 aliphatic rings. The largest absolute Gasteiger partial charge is 0.387 e. The highest BCUT2D eigenvalue weighted by Crippen LogP contribution is 2.24. The quantitative estimate of drug-likeness (QED) is 0.544. The third-order valence-electron chi connectivity index (χ3n) is 3.83. The van der Waals surface area contributed by atoms with Gasteiger partial charge in [-0.1, -0.05) is 13.8 Å². The molecule has 1 aliphatic heterocycles. The van der Waals surface area contributed by atoms with Crippen LogP contribution in [0.1, 0.15) is 33.1 Å². The van der Waals surface area contributed by atoms with Crippen LogP contribution in [0.25, 0.3) is 0 Å². The summed E-state index contributed by atoms with van der Waals surface area (Å²) >= 11 is 0. The minimum Gasteiger partial charge on any atom is -0.387 e. The molecule has 1 saturated heterocycles. The zero-order valence-electron chi connectivity index (χ0n) is 11.8. The summed E-state index contributed by atoms with van der Waals surface area (Å²) in [6, 6.07) is 0.688. The Labute approximate surface area is 106 Å². The molecule has 1 heterocycles. The molecule has 0 aromatic rings. The van der Waals surface area contributed by atoms with E-state index in [0.717, 1.165) is 19.5 Å². The van der Waals surface area contributed by atoms with Crippen molar-refractivity contribution in [1.29, 1.82) is 5.41 Å². The zero-order chi connectivity index (χ0) is 13.1. The molecule has 0 aromatic carbocycles. The number of nitrogens with two attached hydrogens (primary N) is 1. The molecule has 0 saturated carbocycles. The Morgan fingerprint density at radius 2 is 2.12 bits per heavy atom. The molecule has 0 bridgehead atoms. The van der Waals surface area contributed by atoms with Crippen LogP contribution < -0.4 is 5.73 Å². The third-order valence-corrected chi connectivity index (χ3v) is 3.83. The van der Waals surface area contributed by atoms with Gasteiger partial charge in [-0.15, -0.1) is 0 Å². The summed E-state index contributed by atoms with van der Waals surface area (Å²) in [6.07, 6.45) is 3.59. The average molecular weight is 240 g/mol. The van der Waals surface area contributed by atoms with E-state index in [4.69, 9.17) is 11.1 Å². The predicted octanol–water partition coefficient (Wildman–Crippen LogP) is 1.36. The molecular weight excluding hydrogens is 212 g/mol. The summed E-state index contributed by atoms with van der Waals surface area (Å²) in [6.45, 7) is 7.52. The van der Waals surface area contributed by atoms with Crippen molar-refractivity contribution in [2.45, 2.75) is 39.2 Å². The van der Waals surface area contributed by atoms with E-state index in [-0.39, 0.29) is 5.41 Å². The first-order valence-electron chi connectivity index (χ1n) is 6.56. The van der Waals surface area contributed by atoms with E-state index in [9.17, 15) is 0 Å². The van der Waals surface area contributed by atoms with Gasteiger partial charge in [-0.2, -0.15) is 0 Å². The monoisotopic (exact) mass is 240 g/mol. The topological polar surface area (TPSA) is 56.4 Å². The van der Waals surface area contributed by atoms with Gasteiger partial charge < -0.3 is 10.6 Å². The van der Waals surface area contributed by atoms with E-state index >= 15 is 0 Å². The lowest BCUT2D eigenvalue weighted by Crippen LogP contribution is -2.41. The van der Waals surface area contributed by atoms with Gasteiger partial charge >= 0.3 is 0 Å². The van der Waals surface area contributed by atoms with Crippen LogP contribution in [0.15, 0.2) is 0 Å². The molecule has 100 valence electrons. The third kappa shape index (κ3) is 4.28. The van der Waals surface area contributed by atoms with E-state index < -0.39 is 0 Å². The molecule has 4 heteroatoms. The van der Waals surface area contributed by atoms with Gasteiger partial charge in [0.15, 0.2) is 0 Å². The van der Waals surface area contributed by atoms with Crippen LogP contribution in [0.3, 0.4) is 0 Å². The van der Waals surface area contributed by atoms with Crippen molar-refractivity contribution in [3.8, 4) is 0 Å². The molecule has 0 radical (unpaired) electrons. The number of rotatable bonds is 6. The molecule has 1 unspecified atom stereocenters. The second kappa shape index (κ2) is 5.83. The molecule has 17 heavy (non-hydrogen) atoms. The summed E-state index contributed by atoms with van der Waals surface area (Å²) in [5.74, 6) is 0.306. The SMILES string of the molecule is CN(C)CC1CCCN1CCC(C)(C)C(=N)N. The van der Waals surface area contributed by atoms with Crippen molar-refractivity contribution in [1.82, 2.24) is 9.80 Å². The first-order chi connectivity index (χ1) is 7.83. The lowest BCUT2D eigenvalue weighted by Gasteiger charge is -2.30. The van der Waals surface area contributed by atoms with Gasteiger partial charge in [0.1, 0.15) is 0 Å². The number of amidine groups is 1. The van der Waals surface area contributed by atoms with Gasteiger partial charge in [0.2, 0.25) is 0 Å². The summed E-state index contributed by atoms with van der Waals surface area (Å²) in [4.78, 5) is 4.82. The molecule has 4 nitrogen and oxygen atoms in total. The van der Waals surface area contributed by atoms with E-state index in [2.05, 4.69) is 37.7 Å². The zero-order valence-corrected chi connectivity index (χ0v) is 11.8. The Morgan fingerprint density at radius 1 is 1.47 bits per heavy atom. The van der Waals surface area contributed by atoms with Crippen molar-refractivity contribution in [3.05, 3.63) is 0 Å². The van der Waals surface area contributed by atoms with Crippen LogP contribution in [-0.2, 0) is 0 Å². The van der Waals surface area contributed by atoms with Crippen LogP contribution in [0.2, 0.25) is 0 Å². The molecular formula is C13H28N4. The maximum Gasteiger partial charge on any atom is 0.0963 e. The van der Waals surface area contributed by atoms with Gasteiger partial charge in [-0.25, -0.2) is 0 Å². The number of nitrogens with one attached hydrogen (secondary N) is 1. The molecule has 1 rings (SSSR count). The highest BCUT2D eigenvalue weighted by Gasteiger charge is 2.28. The first-order valence-corrected chi connectivity index (χ1v) is 6.56. The van der Waals surface area contributed by atoms with Crippen LogP contribution in [0.4, 0.5) is 0 Å². The fourth-order valence-corrected chi connectivity index (χ4v) is 2.38. The fourth-order valence-electron chi connectivity index (χ4n) is 2.38. The Bertz CT molecular complexity index is 260. The van der Waals surface area contributed by atoms with Gasteiger partial charge in [-0.05, 0) is 46.4 Å². The summed E-state index contributed by atoms with van der Waals surface area (Å²) in [5.41, 5.74) is 5.47. The molecule has 0 amide bonds. The lowest BCUT2D eigenvalue weighted by molar-refractivity contribution is 0.192. The van der Waals surface area contributed by atoms with Crippen molar-refractivity contribution < 1.29 is 0 Å². The highest BCUT2D eigenvalue weighted by molar-refractivity contribution is 5.82. The molecule has 3 N–H and O–H groups in total. The fraction of sp³-hybridized carbons (Fsp3) is 0.923. The predicted molar refractivity (Wildman–Crippen MR) is 73.5 cm³/mol. The maximum absolute atomic E-state index is 7.59. The summed E-state index contributed by atoms with van der Waals surface area (Å²) in [7, 11) is 4.27. The Morgan fingerprint density at radius 3 is 2.65 bits per heavy atom.